The van der Waals surface area contributed by atoms with E-state index in [-0.39, 0.29) is 17.9 Å². The second-order valence-corrected chi connectivity index (χ2v) is 7.81. The van der Waals surface area contributed by atoms with Gasteiger partial charge in [-0.25, -0.2) is 9.78 Å². The number of pyridine rings is 1. The molecule has 2 fully saturated rings. The van der Waals surface area contributed by atoms with Gasteiger partial charge in [-0.05, 0) is 37.8 Å². The van der Waals surface area contributed by atoms with E-state index in [0.29, 0.717) is 18.5 Å². The van der Waals surface area contributed by atoms with Crippen molar-refractivity contribution in [2.24, 2.45) is 11.8 Å². The van der Waals surface area contributed by atoms with E-state index in [1.54, 1.807) is 6.20 Å². The third kappa shape index (κ3) is 4.51. The molecule has 2 aliphatic rings. The number of rotatable bonds is 4. The number of carbonyl (C=O) groups is 2. The molecule has 27 heavy (non-hydrogen) atoms. The van der Waals surface area contributed by atoms with Crippen LogP contribution in [-0.4, -0.2) is 54.0 Å². The molecule has 1 aromatic rings. The van der Waals surface area contributed by atoms with Crippen molar-refractivity contribution in [1.29, 1.82) is 0 Å². The van der Waals surface area contributed by atoms with Crippen LogP contribution in [0.15, 0.2) is 18.3 Å². The van der Waals surface area contributed by atoms with E-state index in [2.05, 4.69) is 20.5 Å². The van der Waals surface area contributed by atoms with E-state index >= 15 is 0 Å². The van der Waals surface area contributed by atoms with Gasteiger partial charge in [0.1, 0.15) is 5.82 Å². The van der Waals surface area contributed by atoms with Crippen LogP contribution < -0.4 is 15.5 Å². The lowest BCUT2D eigenvalue weighted by molar-refractivity contribution is -0.118. The lowest BCUT2D eigenvalue weighted by Gasteiger charge is -2.31. The first kappa shape index (κ1) is 19.5. The summed E-state index contributed by atoms with van der Waals surface area (Å²) in [5.74, 6) is 1.34. The highest BCUT2D eigenvalue weighted by Crippen LogP contribution is 2.32. The van der Waals surface area contributed by atoms with Crippen LogP contribution in [0.3, 0.4) is 0 Å². The van der Waals surface area contributed by atoms with Gasteiger partial charge in [0.15, 0.2) is 0 Å². The molecule has 0 spiro atoms. The Bertz CT molecular complexity index is 661. The Labute approximate surface area is 161 Å². The van der Waals surface area contributed by atoms with Crippen molar-refractivity contribution in [1.82, 2.24) is 15.2 Å². The summed E-state index contributed by atoms with van der Waals surface area (Å²) in [4.78, 5) is 33.0. The number of fused-ring (bicyclic) bond motifs is 1. The number of hydrogen-bond acceptors (Lipinski definition) is 4. The summed E-state index contributed by atoms with van der Waals surface area (Å²) in [6.07, 6.45) is 5.21. The molecule has 7 nitrogen and oxygen atoms in total. The number of urea groups is 1. The molecule has 148 valence electrons. The molecule has 3 amide bonds. The topological polar surface area (TPSA) is 77.6 Å². The average molecular weight is 374 g/mol. The zero-order valence-electron chi connectivity index (χ0n) is 16.6. The standard InChI is InChI=1S/C20H31N5O2/c1-4-21-20(27)24-12-15-7-5-6-10-25(17(15)13-24)18-9-8-16(11-22-18)23-19(26)14(2)3/h8-9,11,14-15,17H,4-7,10,12-13H2,1-3H3,(H,21,27)(H,23,26)/t15-,17+/m1/s1. The Balaban J connectivity index is 1.72. The van der Waals surface area contributed by atoms with E-state index in [1.165, 1.54) is 6.42 Å². The van der Waals surface area contributed by atoms with Crippen LogP contribution in [0.4, 0.5) is 16.3 Å². The van der Waals surface area contributed by atoms with E-state index in [9.17, 15) is 9.59 Å². The summed E-state index contributed by atoms with van der Waals surface area (Å²) >= 11 is 0. The smallest absolute Gasteiger partial charge is 0.317 e. The van der Waals surface area contributed by atoms with Crippen LogP contribution in [0.25, 0.3) is 0 Å². The number of hydrogen-bond donors (Lipinski definition) is 2. The van der Waals surface area contributed by atoms with Crippen LogP contribution in [0.1, 0.15) is 40.0 Å². The number of amides is 3. The Morgan fingerprint density at radius 2 is 2.07 bits per heavy atom. The van der Waals surface area contributed by atoms with Crippen LogP contribution >= 0.6 is 0 Å². The third-order valence-corrected chi connectivity index (χ3v) is 5.48. The fourth-order valence-corrected chi connectivity index (χ4v) is 3.98. The number of nitrogens with one attached hydrogen (secondary N) is 2. The monoisotopic (exact) mass is 373 g/mol. The van der Waals surface area contributed by atoms with Gasteiger partial charge in [0, 0.05) is 32.1 Å². The van der Waals surface area contributed by atoms with Gasteiger partial charge in [0.05, 0.1) is 17.9 Å². The number of likely N-dealkylation sites (tertiary alicyclic amines) is 1. The predicted octanol–water partition coefficient (Wildman–Crippen LogP) is 2.70. The molecule has 2 aliphatic heterocycles. The zero-order valence-corrected chi connectivity index (χ0v) is 16.6. The van der Waals surface area contributed by atoms with Gasteiger partial charge in [-0.2, -0.15) is 0 Å². The van der Waals surface area contributed by atoms with Crippen molar-refractivity contribution in [2.45, 2.75) is 46.1 Å². The van der Waals surface area contributed by atoms with Crippen molar-refractivity contribution in [3.05, 3.63) is 18.3 Å². The highest BCUT2D eigenvalue weighted by molar-refractivity contribution is 5.91. The molecular formula is C20H31N5O2. The van der Waals surface area contributed by atoms with Gasteiger partial charge in [-0.15, -0.1) is 0 Å². The molecule has 0 aliphatic carbocycles. The molecule has 7 heteroatoms. The Morgan fingerprint density at radius 1 is 1.26 bits per heavy atom. The van der Waals surface area contributed by atoms with Crippen molar-refractivity contribution in [2.75, 3.05) is 36.4 Å². The summed E-state index contributed by atoms with van der Waals surface area (Å²) in [6.45, 7) is 8.85. The highest BCUT2D eigenvalue weighted by Gasteiger charge is 2.40. The Morgan fingerprint density at radius 3 is 2.74 bits per heavy atom. The molecule has 2 saturated heterocycles. The molecule has 0 aromatic carbocycles. The summed E-state index contributed by atoms with van der Waals surface area (Å²) in [5, 5.41) is 5.80. The lowest BCUT2D eigenvalue weighted by atomic mass is 9.98. The second-order valence-electron chi connectivity index (χ2n) is 7.81. The minimum absolute atomic E-state index is 0.00671. The first-order valence-corrected chi connectivity index (χ1v) is 10.1. The lowest BCUT2D eigenvalue weighted by Crippen LogP contribution is -2.43. The van der Waals surface area contributed by atoms with Crippen molar-refractivity contribution >= 4 is 23.4 Å². The molecule has 0 unspecified atom stereocenters. The van der Waals surface area contributed by atoms with Gasteiger partial charge < -0.3 is 20.4 Å². The average Bonchev–Trinajstić information content (AvgIpc) is 2.97. The zero-order chi connectivity index (χ0) is 19.4. The maximum absolute atomic E-state index is 12.3. The molecular weight excluding hydrogens is 342 g/mol. The summed E-state index contributed by atoms with van der Waals surface area (Å²) < 4.78 is 0. The Kier molecular flexibility index (Phi) is 6.19. The number of anilines is 2. The van der Waals surface area contributed by atoms with Gasteiger partial charge >= 0.3 is 6.03 Å². The summed E-state index contributed by atoms with van der Waals surface area (Å²) in [7, 11) is 0. The van der Waals surface area contributed by atoms with E-state index in [1.807, 2.05) is 37.8 Å². The summed E-state index contributed by atoms with van der Waals surface area (Å²) in [5.41, 5.74) is 0.721. The van der Waals surface area contributed by atoms with Gasteiger partial charge in [-0.1, -0.05) is 20.3 Å². The molecule has 1 aromatic heterocycles. The quantitative estimate of drug-likeness (QED) is 0.851. The molecule has 2 N–H and O–H groups in total. The van der Waals surface area contributed by atoms with Crippen LogP contribution in [0, 0.1) is 11.8 Å². The molecule has 0 saturated carbocycles. The van der Waals surface area contributed by atoms with Crippen molar-refractivity contribution < 1.29 is 9.59 Å². The third-order valence-electron chi connectivity index (χ3n) is 5.48. The maximum atomic E-state index is 12.3. The van der Waals surface area contributed by atoms with Crippen LogP contribution in [-0.2, 0) is 4.79 Å². The van der Waals surface area contributed by atoms with Gasteiger partial charge in [0.25, 0.3) is 0 Å². The van der Waals surface area contributed by atoms with Crippen LogP contribution in [0.2, 0.25) is 0 Å². The fraction of sp³-hybridized carbons (Fsp3) is 0.650. The Hall–Kier alpha value is -2.31. The largest absolute Gasteiger partial charge is 0.352 e. The number of carbonyl (C=O) groups excluding carboxylic acids is 2. The fourth-order valence-electron chi connectivity index (χ4n) is 3.98. The van der Waals surface area contributed by atoms with E-state index in [0.717, 1.165) is 44.0 Å². The minimum Gasteiger partial charge on any atom is -0.352 e. The van der Waals surface area contributed by atoms with E-state index in [4.69, 9.17) is 0 Å². The van der Waals surface area contributed by atoms with E-state index < -0.39 is 0 Å². The van der Waals surface area contributed by atoms with Crippen LogP contribution in [0.5, 0.6) is 0 Å². The number of aromatic nitrogens is 1. The number of nitrogens with zero attached hydrogens (tertiary/aromatic N) is 3. The van der Waals surface area contributed by atoms with Crippen molar-refractivity contribution in [3.8, 4) is 0 Å². The molecule has 0 bridgehead atoms. The maximum Gasteiger partial charge on any atom is 0.317 e. The van der Waals surface area contributed by atoms with Crippen molar-refractivity contribution in [3.63, 3.8) is 0 Å². The first-order valence-electron chi connectivity index (χ1n) is 10.1. The minimum atomic E-state index is -0.0604. The molecule has 3 rings (SSSR count). The molecule has 3 heterocycles. The normalized spacial score (nSPS) is 22.4. The molecule has 2 atom stereocenters. The SMILES string of the molecule is CCNC(=O)N1C[C@H]2CCCCN(c3ccc(NC(=O)C(C)C)cn3)[C@H]2C1. The van der Waals surface area contributed by atoms with Gasteiger partial charge in [0.2, 0.25) is 5.91 Å². The molecule has 0 radical (unpaired) electrons. The summed E-state index contributed by atoms with van der Waals surface area (Å²) in [6, 6.07) is 4.23. The predicted molar refractivity (Wildman–Crippen MR) is 107 cm³/mol. The first-order chi connectivity index (χ1) is 13.0. The highest BCUT2D eigenvalue weighted by atomic mass is 16.2. The van der Waals surface area contributed by atoms with Gasteiger partial charge in [-0.3, -0.25) is 4.79 Å². The second kappa shape index (κ2) is 8.59.